The van der Waals surface area contributed by atoms with Gasteiger partial charge in [0, 0.05) is 17.8 Å². The fraction of sp³-hybridized carbons (Fsp3) is 0.238. The summed E-state index contributed by atoms with van der Waals surface area (Å²) in [4.78, 5) is 24.7. The maximum atomic E-state index is 13.6. The Kier molecular flexibility index (Phi) is 7.26. The number of hydrogen-bond acceptors (Lipinski definition) is 3. The quantitative estimate of drug-likeness (QED) is 0.636. The van der Waals surface area contributed by atoms with Gasteiger partial charge in [0.2, 0.25) is 5.91 Å². The Morgan fingerprint density at radius 3 is 2.39 bits per heavy atom. The highest BCUT2D eigenvalue weighted by Gasteiger charge is 2.17. The maximum Gasteiger partial charge on any atom is 0.259 e. The van der Waals surface area contributed by atoms with Crippen molar-refractivity contribution in [2.45, 2.75) is 26.7 Å². The molecule has 0 aromatic heterocycles. The third kappa shape index (κ3) is 5.16. The number of carbonyl (C=O) groups excluding carboxylic acids is 2. The van der Waals surface area contributed by atoms with Crippen LogP contribution in [-0.2, 0) is 11.2 Å². The normalized spacial score (nSPS) is 11.6. The van der Waals surface area contributed by atoms with Gasteiger partial charge in [0.1, 0.15) is 5.82 Å². The molecule has 2 aromatic rings. The molecule has 28 heavy (non-hydrogen) atoms. The van der Waals surface area contributed by atoms with Crippen LogP contribution in [0.1, 0.15) is 36.2 Å². The number of carbonyl (C=O) groups is 2. The first-order chi connectivity index (χ1) is 13.3. The summed E-state index contributed by atoms with van der Waals surface area (Å²) in [6, 6.07) is 9.94. The van der Waals surface area contributed by atoms with Crippen LogP contribution in [0, 0.1) is 11.6 Å². The zero-order valence-corrected chi connectivity index (χ0v) is 15.7. The molecule has 0 atom stereocenters. The summed E-state index contributed by atoms with van der Waals surface area (Å²) in [7, 11) is 0. The minimum absolute atomic E-state index is 0.227. The van der Waals surface area contributed by atoms with Crippen LogP contribution < -0.4 is 10.6 Å². The van der Waals surface area contributed by atoms with E-state index < -0.39 is 17.5 Å². The molecule has 0 saturated carbocycles. The van der Waals surface area contributed by atoms with Crippen LogP contribution in [0.3, 0.4) is 0 Å². The standard InChI is InChI=1S/C21H22F2N2O3/c1-3-15(20(27)24-12-11-14-7-4-5-9-17(14)22)13(2)25-21(28)16-8-6-10-18(23)19(16)26/h4-10,26H,3,11-12H2,1-2H3,(H,24,27)(H,25,28). The van der Waals surface area contributed by atoms with Gasteiger partial charge in [-0.3, -0.25) is 9.59 Å². The van der Waals surface area contributed by atoms with Gasteiger partial charge in [0.25, 0.3) is 5.91 Å². The molecule has 0 aliphatic heterocycles. The Bertz CT molecular complexity index is 910. The van der Waals surface area contributed by atoms with Crippen molar-refractivity contribution in [1.82, 2.24) is 10.6 Å². The summed E-state index contributed by atoms with van der Waals surface area (Å²) in [5.74, 6) is -3.10. The van der Waals surface area contributed by atoms with E-state index in [9.17, 15) is 23.5 Å². The summed E-state index contributed by atoms with van der Waals surface area (Å²) >= 11 is 0. The van der Waals surface area contributed by atoms with Gasteiger partial charge in [0.05, 0.1) is 5.56 Å². The lowest BCUT2D eigenvalue weighted by atomic mass is 10.1. The molecule has 3 N–H and O–H groups in total. The van der Waals surface area contributed by atoms with Crippen LogP contribution in [0.5, 0.6) is 5.75 Å². The predicted octanol–water partition coefficient (Wildman–Crippen LogP) is 3.44. The van der Waals surface area contributed by atoms with Crippen molar-refractivity contribution in [2.24, 2.45) is 0 Å². The minimum Gasteiger partial charge on any atom is -0.504 e. The molecule has 2 rings (SSSR count). The summed E-state index contributed by atoms with van der Waals surface area (Å²) in [5, 5.41) is 14.9. The van der Waals surface area contributed by atoms with Gasteiger partial charge in [-0.2, -0.15) is 0 Å². The number of amides is 2. The third-order valence-electron chi connectivity index (χ3n) is 4.25. The van der Waals surface area contributed by atoms with Crippen molar-refractivity contribution in [1.29, 1.82) is 0 Å². The second kappa shape index (κ2) is 9.64. The smallest absolute Gasteiger partial charge is 0.259 e. The lowest BCUT2D eigenvalue weighted by Gasteiger charge is -2.13. The second-order valence-electron chi connectivity index (χ2n) is 6.14. The van der Waals surface area contributed by atoms with Crippen LogP contribution in [0.2, 0.25) is 0 Å². The van der Waals surface area contributed by atoms with Gasteiger partial charge in [-0.25, -0.2) is 8.78 Å². The zero-order valence-electron chi connectivity index (χ0n) is 15.7. The number of nitrogens with one attached hydrogen (secondary N) is 2. The van der Waals surface area contributed by atoms with E-state index in [2.05, 4.69) is 10.6 Å². The number of phenols is 1. The fourth-order valence-electron chi connectivity index (χ4n) is 2.73. The van der Waals surface area contributed by atoms with Crippen LogP contribution in [0.4, 0.5) is 8.78 Å². The average molecular weight is 388 g/mol. The Morgan fingerprint density at radius 1 is 1.04 bits per heavy atom. The Labute approximate surface area is 162 Å². The number of rotatable bonds is 7. The van der Waals surface area contributed by atoms with E-state index in [4.69, 9.17) is 0 Å². The number of aromatic hydroxyl groups is 1. The van der Waals surface area contributed by atoms with Gasteiger partial charge < -0.3 is 15.7 Å². The van der Waals surface area contributed by atoms with Crippen molar-refractivity contribution in [3.05, 3.63) is 76.5 Å². The van der Waals surface area contributed by atoms with Gasteiger partial charge in [0.15, 0.2) is 11.6 Å². The molecule has 0 aliphatic rings. The predicted molar refractivity (Wildman–Crippen MR) is 102 cm³/mol. The molecule has 0 fully saturated rings. The molecule has 2 amide bonds. The molecule has 7 heteroatoms. The topological polar surface area (TPSA) is 78.4 Å². The van der Waals surface area contributed by atoms with Crippen LogP contribution in [0.15, 0.2) is 53.7 Å². The summed E-state index contributed by atoms with van der Waals surface area (Å²) in [6.45, 7) is 3.53. The molecule has 0 saturated heterocycles. The molecule has 2 aromatic carbocycles. The van der Waals surface area contributed by atoms with Gasteiger partial charge in [-0.1, -0.05) is 31.2 Å². The highest BCUT2D eigenvalue weighted by molar-refractivity contribution is 6.00. The summed E-state index contributed by atoms with van der Waals surface area (Å²) in [5.41, 5.74) is 0.892. The summed E-state index contributed by atoms with van der Waals surface area (Å²) < 4.78 is 27.0. The van der Waals surface area contributed by atoms with Crippen LogP contribution in [0.25, 0.3) is 0 Å². The molecule has 0 spiro atoms. The molecule has 0 unspecified atom stereocenters. The van der Waals surface area contributed by atoms with E-state index in [0.717, 1.165) is 6.07 Å². The number of para-hydroxylation sites is 1. The Balaban J connectivity index is 2.03. The SMILES string of the molecule is CCC(C(=O)NCCc1ccccc1F)=C(C)NC(=O)c1cccc(F)c1O. The van der Waals surface area contributed by atoms with E-state index in [-0.39, 0.29) is 23.8 Å². The average Bonchev–Trinajstić information content (AvgIpc) is 2.66. The highest BCUT2D eigenvalue weighted by atomic mass is 19.1. The van der Waals surface area contributed by atoms with Crippen molar-refractivity contribution in [2.75, 3.05) is 6.54 Å². The first-order valence-electron chi connectivity index (χ1n) is 8.85. The fourth-order valence-corrected chi connectivity index (χ4v) is 2.73. The molecule has 0 bridgehead atoms. The van der Waals surface area contributed by atoms with E-state index in [1.807, 2.05) is 0 Å². The van der Waals surface area contributed by atoms with E-state index in [1.54, 1.807) is 32.0 Å². The number of hydrogen-bond donors (Lipinski definition) is 3. The van der Waals surface area contributed by atoms with E-state index >= 15 is 0 Å². The van der Waals surface area contributed by atoms with E-state index in [1.165, 1.54) is 18.2 Å². The van der Waals surface area contributed by atoms with Crippen molar-refractivity contribution in [3.63, 3.8) is 0 Å². The maximum absolute atomic E-state index is 13.6. The van der Waals surface area contributed by atoms with Crippen molar-refractivity contribution < 1.29 is 23.5 Å². The molecule has 0 aliphatic carbocycles. The monoisotopic (exact) mass is 388 g/mol. The largest absolute Gasteiger partial charge is 0.504 e. The lowest BCUT2D eigenvalue weighted by Crippen LogP contribution is -2.31. The molecule has 0 heterocycles. The first-order valence-corrected chi connectivity index (χ1v) is 8.85. The second-order valence-corrected chi connectivity index (χ2v) is 6.14. The number of allylic oxidation sites excluding steroid dienone is 1. The Hall–Kier alpha value is -3.22. The van der Waals surface area contributed by atoms with Crippen molar-refractivity contribution in [3.8, 4) is 5.75 Å². The number of halogens is 2. The summed E-state index contributed by atoms with van der Waals surface area (Å²) in [6.07, 6.45) is 0.671. The molecule has 148 valence electrons. The van der Waals surface area contributed by atoms with Gasteiger partial charge in [-0.05, 0) is 43.5 Å². The van der Waals surface area contributed by atoms with Crippen molar-refractivity contribution >= 4 is 11.8 Å². The van der Waals surface area contributed by atoms with Crippen LogP contribution >= 0.6 is 0 Å². The van der Waals surface area contributed by atoms with Gasteiger partial charge in [-0.15, -0.1) is 0 Å². The molecular weight excluding hydrogens is 366 g/mol. The molecule has 5 nitrogen and oxygen atoms in total. The number of phenolic OH excluding ortho intramolecular Hbond substituents is 1. The lowest BCUT2D eigenvalue weighted by molar-refractivity contribution is -0.117. The van der Waals surface area contributed by atoms with Crippen LogP contribution in [-0.4, -0.2) is 23.5 Å². The van der Waals surface area contributed by atoms with E-state index in [0.29, 0.717) is 29.7 Å². The number of benzene rings is 2. The molecular formula is C21H22F2N2O3. The highest BCUT2D eigenvalue weighted by Crippen LogP contribution is 2.21. The zero-order chi connectivity index (χ0) is 20.7. The first kappa shape index (κ1) is 21.1. The third-order valence-corrected chi connectivity index (χ3v) is 4.25. The van der Waals surface area contributed by atoms with Gasteiger partial charge >= 0.3 is 0 Å². The molecule has 0 radical (unpaired) electrons. The Morgan fingerprint density at radius 2 is 1.71 bits per heavy atom. The minimum atomic E-state index is -0.907.